The van der Waals surface area contributed by atoms with Crippen molar-refractivity contribution in [2.45, 2.75) is 42.7 Å². The summed E-state index contributed by atoms with van der Waals surface area (Å²) < 4.78 is 143. The van der Waals surface area contributed by atoms with E-state index in [1.807, 2.05) is 0 Å². The maximum atomic E-state index is 14.3. The van der Waals surface area contributed by atoms with E-state index in [9.17, 15) is 21.6 Å². The highest BCUT2D eigenvalue weighted by Crippen LogP contribution is 2.33. The van der Waals surface area contributed by atoms with E-state index in [1.54, 1.807) is 20.8 Å². The Morgan fingerprint density at radius 3 is 1.77 bits per heavy atom. The molecule has 0 fully saturated rings. The standard InChI is InChI=1S/C25H28N2O6S2/c1-25(2,3)33-24(28)26(4)19-20-13-11-12-18-23(20)27(34(29,30)21-14-7-5-8-15-21)35(31,32)22-16-9-6-10-17-22/h5-18H,19H2,1-4H3/i5D,6D,7D,8D,9D,10D,14D,15D,16D,17D. The van der Waals surface area contributed by atoms with Crippen molar-refractivity contribution in [3.05, 3.63) is 90.3 Å². The van der Waals surface area contributed by atoms with Gasteiger partial charge >= 0.3 is 6.09 Å². The summed E-state index contributed by atoms with van der Waals surface area (Å²) in [5, 5.41) is 0. The Hall–Kier alpha value is -3.37. The molecule has 3 aromatic rings. The third-order valence-corrected chi connectivity index (χ3v) is 8.09. The number of para-hydroxylation sites is 1. The summed E-state index contributed by atoms with van der Waals surface area (Å²) in [6.45, 7) is 4.28. The fourth-order valence-electron chi connectivity index (χ4n) is 2.77. The lowest BCUT2D eigenvalue weighted by molar-refractivity contribution is 0.0285. The second-order valence-electron chi connectivity index (χ2n) is 8.08. The molecule has 0 heterocycles. The Bertz CT molecular complexity index is 1780. The molecule has 35 heavy (non-hydrogen) atoms. The van der Waals surface area contributed by atoms with E-state index < -0.39 is 114 Å². The third kappa shape index (κ3) is 6.01. The second-order valence-corrected chi connectivity index (χ2v) is 11.8. The highest BCUT2D eigenvalue weighted by atomic mass is 32.3. The van der Waals surface area contributed by atoms with Gasteiger partial charge in [0.25, 0.3) is 20.0 Å². The lowest BCUT2D eigenvalue weighted by Crippen LogP contribution is -2.38. The van der Waals surface area contributed by atoms with Gasteiger partial charge in [0.2, 0.25) is 0 Å². The molecule has 0 aromatic heterocycles. The number of carbonyl (C=O) groups is 1. The van der Waals surface area contributed by atoms with Gasteiger partial charge in [-0.15, -0.1) is 0 Å². The first-order chi connectivity index (χ1) is 20.5. The van der Waals surface area contributed by atoms with Crippen LogP contribution in [0.5, 0.6) is 0 Å². The minimum atomic E-state index is -5.78. The van der Waals surface area contributed by atoms with E-state index in [-0.39, 0.29) is 9.27 Å². The normalized spacial score (nSPS) is 16.1. The molecule has 0 atom stereocenters. The molecular weight excluding hydrogens is 488 g/mol. The van der Waals surface area contributed by atoms with E-state index in [1.165, 1.54) is 25.2 Å². The van der Waals surface area contributed by atoms with Crippen molar-refractivity contribution in [1.82, 2.24) is 4.90 Å². The smallest absolute Gasteiger partial charge is 0.410 e. The number of sulfonamides is 2. The molecule has 0 bridgehead atoms. The van der Waals surface area contributed by atoms with Crippen LogP contribution in [-0.2, 0) is 31.3 Å². The van der Waals surface area contributed by atoms with Gasteiger partial charge in [0.1, 0.15) is 5.60 Å². The van der Waals surface area contributed by atoms with Gasteiger partial charge in [0.15, 0.2) is 0 Å². The predicted molar refractivity (Wildman–Crippen MR) is 134 cm³/mol. The third-order valence-electron chi connectivity index (χ3n) is 4.21. The van der Waals surface area contributed by atoms with Crippen molar-refractivity contribution < 1.29 is 40.1 Å². The average Bonchev–Trinajstić information content (AvgIpc) is 2.92. The van der Waals surface area contributed by atoms with Gasteiger partial charge in [0, 0.05) is 7.05 Å². The number of carbonyl (C=O) groups excluding carboxylic acids is 1. The highest BCUT2D eigenvalue weighted by Gasteiger charge is 2.38. The first-order valence-corrected chi connectivity index (χ1v) is 12.8. The molecule has 8 nitrogen and oxygen atoms in total. The molecule has 0 saturated heterocycles. The molecule has 0 aliphatic carbocycles. The molecular formula is C25H28N2O6S2. The largest absolute Gasteiger partial charge is 0.444 e. The average molecular weight is 527 g/mol. The van der Waals surface area contributed by atoms with Crippen LogP contribution in [0.25, 0.3) is 0 Å². The zero-order valence-electron chi connectivity index (χ0n) is 29.2. The fraction of sp³-hybridized carbons (Fsp3) is 0.240. The zero-order chi connectivity index (χ0) is 34.6. The van der Waals surface area contributed by atoms with Crippen LogP contribution in [-0.4, -0.2) is 40.5 Å². The first kappa shape index (κ1) is 15.6. The van der Waals surface area contributed by atoms with Crippen molar-refractivity contribution >= 4 is 31.8 Å². The van der Waals surface area contributed by atoms with E-state index >= 15 is 0 Å². The van der Waals surface area contributed by atoms with Crippen molar-refractivity contribution in [1.29, 1.82) is 0 Å². The summed E-state index contributed by atoms with van der Waals surface area (Å²) in [6.07, 6.45) is -0.884. The number of hydrogen-bond donors (Lipinski definition) is 0. The summed E-state index contributed by atoms with van der Waals surface area (Å²) in [4.78, 5) is 10.8. The Morgan fingerprint density at radius 1 is 0.857 bits per heavy atom. The molecule has 3 rings (SSSR count). The zero-order valence-corrected chi connectivity index (χ0v) is 20.8. The maximum absolute atomic E-state index is 14.3. The van der Waals surface area contributed by atoms with Crippen LogP contribution >= 0.6 is 0 Å². The number of nitrogens with zero attached hydrogens (tertiary/aromatic N) is 2. The maximum Gasteiger partial charge on any atom is 0.410 e. The van der Waals surface area contributed by atoms with Crippen LogP contribution in [0.2, 0.25) is 0 Å². The summed E-state index contributed by atoms with van der Waals surface area (Å²) >= 11 is 0. The van der Waals surface area contributed by atoms with Gasteiger partial charge < -0.3 is 9.64 Å². The molecule has 0 spiro atoms. The Labute approximate surface area is 220 Å². The van der Waals surface area contributed by atoms with Gasteiger partial charge in [-0.2, -0.15) is 3.71 Å². The van der Waals surface area contributed by atoms with E-state index in [0.29, 0.717) is 0 Å². The SMILES string of the molecule is [2H]c1c([2H])c([2H])c(S(=O)(=O)N(c2ccccc2CN(C)C(=O)OC(C)(C)C)S(=O)(=O)c2c([2H])c([2H])c([2H])c([2H])c2[2H])c([2H])c1[2H]. The first-order valence-electron chi connectivity index (χ1n) is 14.9. The van der Waals surface area contributed by atoms with Crippen LogP contribution in [0.3, 0.4) is 0 Å². The highest BCUT2D eigenvalue weighted by molar-refractivity contribution is 8.10. The number of rotatable bonds is 7. The van der Waals surface area contributed by atoms with Gasteiger partial charge in [-0.25, -0.2) is 21.6 Å². The number of hydrogen-bond acceptors (Lipinski definition) is 6. The molecule has 0 N–H and O–H groups in total. The van der Waals surface area contributed by atoms with E-state index in [2.05, 4.69) is 0 Å². The topological polar surface area (TPSA) is 101 Å². The fourth-order valence-corrected chi connectivity index (χ4v) is 6.18. The molecule has 0 unspecified atom stereocenters. The van der Waals surface area contributed by atoms with Crippen molar-refractivity contribution in [2.24, 2.45) is 0 Å². The molecule has 186 valence electrons. The van der Waals surface area contributed by atoms with Crippen LogP contribution in [0, 0.1) is 0 Å². The number of ether oxygens (including phenoxy) is 1. The number of anilines is 1. The Kier molecular flexibility index (Phi) is 4.49. The van der Waals surface area contributed by atoms with Gasteiger partial charge in [-0.05, 0) is 56.6 Å². The van der Waals surface area contributed by atoms with Crippen molar-refractivity contribution in [3.63, 3.8) is 0 Å². The van der Waals surface area contributed by atoms with Crippen molar-refractivity contribution in [3.8, 4) is 0 Å². The molecule has 10 heteroatoms. The quantitative estimate of drug-likeness (QED) is 0.445. The monoisotopic (exact) mass is 526 g/mol. The molecule has 0 radical (unpaired) electrons. The Morgan fingerprint density at radius 2 is 1.31 bits per heavy atom. The van der Waals surface area contributed by atoms with Crippen LogP contribution in [0.4, 0.5) is 10.5 Å². The van der Waals surface area contributed by atoms with Crippen LogP contribution in [0.15, 0.2) is 94.5 Å². The lowest BCUT2D eigenvalue weighted by Gasteiger charge is -2.28. The number of amides is 1. The van der Waals surface area contributed by atoms with Gasteiger partial charge in [-0.1, -0.05) is 54.5 Å². The summed E-state index contributed by atoms with van der Waals surface area (Å²) in [6, 6.07) is -6.72. The molecule has 0 saturated carbocycles. The summed E-state index contributed by atoms with van der Waals surface area (Å²) in [5.74, 6) is 0. The van der Waals surface area contributed by atoms with Crippen molar-refractivity contribution in [2.75, 3.05) is 10.8 Å². The molecule has 3 aromatic carbocycles. The van der Waals surface area contributed by atoms with E-state index in [4.69, 9.17) is 18.4 Å². The molecule has 0 aliphatic heterocycles. The Balaban J connectivity index is 2.48. The predicted octanol–water partition coefficient (Wildman–Crippen LogP) is 4.64. The lowest BCUT2D eigenvalue weighted by atomic mass is 10.2. The number of benzene rings is 3. The summed E-state index contributed by atoms with van der Waals surface area (Å²) in [5.41, 5.74) is -1.85. The minimum Gasteiger partial charge on any atom is -0.444 e. The summed E-state index contributed by atoms with van der Waals surface area (Å²) in [7, 11) is -10.3. The van der Waals surface area contributed by atoms with Crippen LogP contribution in [0.1, 0.15) is 40.0 Å². The van der Waals surface area contributed by atoms with Crippen LogP contribution < -0.4 is 3.71 Å². The van der Waals surface area contributed by atoms with Gasteiger partial charge in [0.05, 0.1) is 35.7 Å². The van der Waals surface area contributed by atoms with E-state index in [0.717, 1.165) is 11.0 Å². The second kappa shape index (κ2) is 10.1. The minimum absolute atomic E-state index is 0.183. The van der Waals surface area contributed by atoms with Gasteiger partial charge in [-0.3, -0.25) is 0 Å². The molecule has 1 amide bonds. The molecule has 0 aliphatic rings.